The Kier molecular flexibility index (Phi) is 5.27. The highest BCUT2D eigenvalue weighted by molar-refractivity contribution is 8.13. The number of likely N-dealkylation sites (tertiary alicyclic amines) is 1. The third kappa shape index (κ3) is 5.41. The van der Waals surface area contributed by atoms with Gasteiger partial charge in [-0.2, -0.15) is 0 Å². The van der Waals surface area contributed by atoms with Crippen molar-refractivity contribution in [3.8, 4) is 0 Å². The maximum atomic E-state index is 11.6. The third-order valence-corrected chi connectivity index (χ3v) is 3.78. The molecule has 0 bridgehead atoms. The van der Waals surface area contributed by atoms with E-state index in [1.807, 2.05) is 0 Å². The predicted octanol–water partition coefficient (Wildman–Crippen LogP) is 0.954. The Morgan fingerprint density at radius 1 is 1.59 bits per heavy atom. The molecule has 1 atom stereocenters. The zero-order valence-electron chi connectivity index (χ0n) is 9.47. The lowest BCUT2D eigenvalue weighted by atomic mass is 10.1. The first-order valence-electron chi connectivity index (χ1n) is 5.35. The molecule has 1 aliphatic heterocycles. The number of ether oxygens (including phenoxy) is 1. The van der Waals surface area contributed by atoms with Crippen LogP contribution >= 0.6 is 10.7 Å². The summed E-state index contributed by atoms with van der Waals surface area (Å²) in [6.45, 7) is 4.95. The van der Waals surface area contributed by atoms with Crippen LogP contribution in [-0.2, 0) is 18.6 Å². The Bertz CT molecular complexity index is 382. The van der Waals surface area contributed by atoms with Gasteiger partial charge in [-0.15, -0.1) is 0 Å². The highest BCUT2D eigenvalue weighted by Crippen LogP contribution is 2.20. The monoisotopic (exact) mass is 281 g/mol. The van der Waals surface area contributed by atoms with Crippen LogP contribution in [0.15, 0.2) is 12.8 Å². The van der Waals surface area contributed by atoms with Gasteiger partial charge in [-0.05, 0) is 6.42 Å². The second kappa shape index (κ2) is 6.26. The molecule has 7 heteroatoms. The highest BCUT2D eigenvalue weighted by Gasteiger charge is 2.31. The molecule has 0 aromatic rings. The van der Waals surface area contributed by atoms with E-state index >= 15 is 0 Å². The summed E-state index contributed by atoms with van der Waals surface area (Å²) in [5.41, 5.74) is 0. The van der Waals surface area contributed by atoms with E-state index in [4.69, 9.17) is 15.4 Å². The van der Waals surface area contributed by atoms with Crippen molar-refractivity contribution in [3.63, 3.8) is 0 Å². The largest absolute Gasteiger partial charge is 0.502 e. The zero-order chi connectivity index (χ0) is 12.9. The van der Waals surface area contributed by atoms with Crippen LogP contribution in [-0.4, -0.2) is 44.7 Å². The van der Waals surface area contributed by atoms with Crippen LogP contribution in [0.5, 0.6) is 0 Å². The van der Waals surface area contributed by atoms with Gasteiger partial charge in [0.05, 0.1) is 18.6 Å². The Balaban J connectivity index is 2.34. The third-order valence-electron chi connectivity index (χ3n) is 2.54. The molecule has 1 saturated heterocycles. The maximum Gasteiger partial charge on any atom is 0.232 e. The number of hydrogen-bond acceptors (Lipinski definition) is 4. The van der Waals surface area contributed by atoms with Crippen LogP contribution < -0.4 is 0 Å². The van der Waals surface area contributed by atoms with Crippen molar-refractivity contribution in [3.05, 3.63) is 12.8 Å². The van der Waals surface area contributed by atoms with Crippen molar-refractivity contribution in [1.82, 2.24) is 4.90 Å². The SMILES string of the molecule is C=COCCCN1CC(CS(=O)(=O)Cl)CC1=O. The minimum absolute atomic E-state index is 0.0195. The van der Waals surface area contributed by atoms with Crippen molar-refractivity contribution < 1.29 is 17.9 Å². The standard InChI is InChI=1S/C10H16ClNO4S/c1-2-16-5-3-4-12-7-9(6-10(12)13)8-17(11,14)15/h2,9H,1,3-8H2. The van der Waals surface area contributed by atoms with E-state index in [0.717, 1.165) is 0 Å². The number of hydrogen-bond donors (Lipinski definition) is 0. The summed E-state index contributed by atoms with van der Waals surface area (Å²) in [4.78, 5) is 13.2. The van der Waals surface area contributed by atoms with Crippen LogP contribution in [0.2, 0.25) is 0 Å². The van der Waals surface area contributed by atoms with Gasteiger partial charge in [0.2, 0.25) is 15.0 Å². The number of halogens is 1. The molecule has 1 fully saturated rings. The molecule has 17 heavy (non-hydrogen) atoms. The number of carbonyl (C=O) groups excluding carboxylic acids is 1. The Morgan fingerprint density at radius 2 is 2.29 bits per heavy atom. The average molecular weight is 282 g/mol. The normalized spacial score (nSPS) is 20.6. The Labute approximate surface area is 106 Å². The van der Waals surface area contributed by atoms with Crippen LogP contribution in [0, 0.1) is 5.92 Å². The quantitative estimate of drug-likeness (QED) is 0.396. The molecule has 5 nitrogen and oxygen atoms in total. The molecule has 0 spiro atoms. The van der Waals surface area contributed by atoms with Crippen molar-refractivity contribution in [2.24, 2.45) is 5.92 Å². The zero-order valence-corrected chi connectivity index (χ0v) is 11.0. The first kappa shape index (κ1) is 14.3. The van der Waals surface area contributed by atoms with Crippen molar-refractivity contribution in [2.45, 2.75) is 12.8 Å². The van der Waals surface area contributed by atoms with Gasteiger partial charge in [-0.3, -0.25) is 4.79 Å². The second-order valence-electron chi connectivity index (χ2n) is 4.01. The summed E-state index contributed by atoms with van der Waals surface area (Å²) >= 11 is 0. The summed E-state index contributed by atoms with van der Waals surface area (Å²) < 4.78 is 26.8. The number of rotatable bonds is 7. The number of carbonyl (C=O) groups is 1. The molecule has 0 saturated carbocycles. The van der Waals surface area contributed by atoms with Gasteiger partial charge in [0.1, 0.15) is 0 Å². The maximum absolute atomic E-state index is 11.6. The van der Waals surface area contributed by atoms with Crippen molar-refractivity contribution in [2.75, 3.05) is 25.4 Å². The van der Waals surface area contributed by atoms with Gasteiger partial charge in [0.15, 0.2) is 0 Å². The molecule has 1 unspecified atom stereocenters. The summed E-state index contributed by atoms with van der Waals surface area (Å²) in [5, 5.41) is 0. The van der Waals surface area contributed by atoms with Gasteiger partial charge in [-0.25, -0.2) is 8.42 Å². The molecule has 98 valence electrons. The Hall–Kier alpha value is -0.750. The lowest BCUT2D eigenvalue weighted by Gasteiger charge is -2.15. The smallest absolute Gasteiger partial charge is 0.232 e. The lowest BCUT2D eigenvalue weighted by molar-refractivity contribution is -0.127. The topological polar surface area (TPSA) is 63.7 Å². The van der Waals surface area contributed by atoms with Crippen LogP contribution in [0.1, 0.15) is 12.8 Å². The van der Waals surface area contributed by atoms with E-state index < -0.39 is 9.05 Å². The molecule has 0 radical (unpaired) electrons. The Morgan fingerprint density at radius 3 is 2.88 bits per heavy atom. The molecule has 1 amide bonds. The van der Waals surface area contributed by atoms with Crippen LogP contribution in [0.25, 0.3) is 0 Å². The molecule has 1 heterocycles. The van der Waals surface area contributed by atoms with Gasteiger partial charge in [0.25, 0.3) is 0 Å². The molecule has 0 aromatic heterocycles. The van der Waals surface area contributed by atoms with E-state index in [9.17, 15) is 13.2 Å². The molecule has 1 rings (SSSR count). The fourth-order valence-electron chi connectivity index (χ4n) is 1.89. The highest BCUT2D eigenvalue weighted by atomic mass is 35.7. The predicted molar refractivity (Wildman–Crippen MR) is 65.1 cm³/mol. The van der Waals surface area contributed by atoms with Gasteiger partial charge in [0, 0.05) is 36.1 Å². The van der Waals surface area contributed by atoms with Crippen molar-refractivity contribution in [1.29, 1.82) is 0 Å². The molecule has 1 aliphatic rings. The summed E-state index contributed by atoms with van der Waals surface area (Å²) in [6, 6.07) is 0. The van der Waals surface area contributed by atoms with Crippen LogP contribution in [0.3, 0.4) is 0 Å². The fourth-order valence-corrected chi connectivity index (χ4v) is 3.21. The second-order valence-corrected chi connectivity index (χ2v) is 6.83. The number of amides is 1. The van der Waals surface area contributed by atoms with Crippen molar-refractivity contribution >= 4 is 25.6 Å². The molecule has 0 aromatic carbocycles. The fraction of sp³-hybridized carbons (Fsp3) is 0.700. The molecular formula is C10H16ClNO4S. The first-order chi connectivity index (χ1) is 7.92. The molecular weight excluding hydrogens is 266 g/mol. The van der Waals surface area contributed by atoms with E-state index in [1.54, 1.807) is 4.90 Å². The minimum atomic E-state index is -3.53. The van der Waals surface area contributed by atoms with Crippen LogP contribution in [0.4, 0.5) is 0 Å². The van der Waals surface area contributed by atoms with E-state index in [2.05, 4.69) is 6.58 Å². The molecule has 0 aliphatic carbocycles. The van der Waals surface area contributed by atoms with Gasteiger partial charge >= 0.3 is 0 Å². The minimum Gasteiger partial charge on any atom is -0.502 e. The first-order valence-corrected chi connectivity index (χ1v) is 7.83. The van der Waals surface area contributed by atoms with E-state index in [1.165, 1.54) is 6.26 Å². The van der Waals surface area contributed by atoms with E-state index in [0.29, 0.717) is 26.1 Å². The van der Waals surface area contributed by atoms with E-state index in [-0.39, 0.29) is 24.0 Å². The summed E-state index contributed by atoms with van der Waals surface area (Å²) in [5.74, 6) is -0.348. The van der Waals surface area contributed by atoms with Gasteiger partial charge in [-0.1, -0.05) is 6.58 Å². The number of nitrogens with zero attached hydrogens (tertiary/aromatic N) is 1. The average Bonchev–Trinajstić information content (AvgIpc) is 2.51. The molecule has 0 N–H and O–H groups in total. The lowest BCUT2D eigenvalue weighted by Crippen LogP contribution is -2.27. The summed E-state index contributed by atoms with van der Waals surface area (Å²) in [6.07, 6.45) is 2.32. The summed E-state index contributed by atoms with van der Waals surface area (Å²) in [7, 11) is 1.64. The van der Waals surface area contributed by atoms with Gasteiger partial charge < -0.3 is 9.64 Å².